The fourth-order valence-corrected chi connectivity index (χ4v) is 5.55. The molecule has 0 fully saturated rings. The normalized spacial score (nSPS) is 11.8. The molecular weight excluding hydrogens is 430 g/mol. The van der Waals surface area contributed by atoms with Crippen LogP contribution in [-0.4, -0.2) is 31.6 Å². The van der Waals surface area contributed by atoms with Gasteiger partial charge in [-0.25, -0.2) is 12.4 Å². The van der Waals surface area contributed by atoms with Gasteiger partial charge in [-0.3, -0.25) is 4.98 Å². The van der Waals surface area contributed by atoms with Gasteiger partial charge in [-0.15, -0.1) is 0 Å². The van der Waals surface area contributed by atoms with Crippen LogP contribution in [0.15, 0.2) is 52.7 Å². The first-order chi connectivity index (χ1) is 15.4. The fraction of sp³-hybridized carbons (Fsp3) is 0.261. The summed E-state index contributed by atoms with van der Waals surface area (Å²) in [7, 11) is -0.943. The maximum absolute atomic E-state index is 13.8. The van der Waals surface area contributed by atoms with Crippen LogP contribution in [0.1, 0.15) is 23.7 Å². The molecule has 2 aromatic carbocycles. The third-order valence-electron chi connectivity index (χ3n) is 5.58. The molecule has 0 saturated carbocycles. The van der Waals surface area contributed by atoms with Gasteiger partial charge in [0, 0.05) is 16.8 Å². The highest BCUT2D eigenvalue weighted by molar-refractivity contribution is 7.90. The maximum Gasteiger partial charge on any atom is 0.268 e. The van der Waals surface area contributed by atoms with Crippen molar-refractivity contribution in [2.24, 2.45) is 5.18 Å². The predicted octanol–water partition coefficient (Wildman–Crippen LogP) is 4.58. The highest BCUT2D eigenvalue weighted by Gasteiger charge is 2.27. The number of fused-ring (bicyclic) bond motifs is 3. The summed E-state index contributed by atoms with van der Waals surface area (Å²) in [6, 6.07) is 10.1. The second-order valence-corrected chi connectivity index (χ2v) is 9.18. The van der Waals surface area contributed by atoms with Crippen molar-refractivity contribution in [3.05, 3.63) is 64.3 Å². The summed E-state index contributed by atoms with van der Waals surface area (Å²) in [5.41, 5.74) is 3.11. The van der Waals surface area contributed by atoms with E-state index in [1.54, 1.807) is 36.4 Å². The van der Waals surface area contributed by atoms with Crippen LogP contribution in [-0.2, 0) is 23.0 Å². The molecule has 32 heavy (non-hydrogen) atoms. The first-order valence-corrected chi connectivity index (χ1v) is 11.5. The number of pyridine rings is 1. The monoisotopic (exact) mass is 453 g/mol. The Morgan fingerprint density at radius 2 is 1.69 bits per heavy atom. The SMILES string of the molecule is CCc1c(CN=O)ncc2c1c1cc(OC)c(OC)cc1n2S(=O)(=O)c1ccc(C)cc1. The van der Waals surface area contributed by atoms with Crippen molar-refractivity contribution in [1.82, 2.24) is 8.96 Å². The molecule has 0 radical (unpaired) electrons. The van der Waals surface area contributed by atoms with Gasteiger partial charge >= 0.3 is 0 Å². The molecule has 166 valence electrons. The van der Waals surface area contributed by atoms with Crippen LogP contribution in [0.3, 0.4) is 0 Å². The Kier molecular flexibility index (Phi) is 5.60. The molecule has 0 atom stereocenters. The second-order valence-electron chi connectivity index (χ2n) is 7.39. The molecule has 9 heteroatoms. The molecule has 0 bridgehead atoms. The van der Waals surface area contributed by atoms with Crippen LogP contribution in [0.5, 0.6) is 11.5 Å². The van der Waals surface area contributed by atoms with Gasteiger partial charge in [0.25, 0.3) is 10.0 Å². The highest BCUT2D eigenvalue weighted by Crippen LogP contribution is 2.41. The number of nitrogens with zero attached hydrogens (tertiary/aromatic N) is 3. The number of methoxy groups -OCH3 is 2. The average molecular weight is 454 g/mol. The number of hydrogen-bond acceptors (Lipinski definition) is 7. The van der Waals surface area contributed by atoms with Crippen molar-refractivity contribution in [2.45, 2.75) is 31.7 Å². The smallest absolute Gasteiger partial charge is 0.268 e. The first-order valence-electron chi connectivity index (χ1n) is 10.1. The summed E-state index contributed by atoms with van der Waals surface area (Å²) in [4.78, 5) is 15.5. The van der Waals surface area contributed by atoms with E-state index in [1.165, 1.54) is 24.4 Å². The largest absolute Gasteiger partial charge is 0.493 e. The molecule has 0 unspecified atom stereocenters. The summed E-state index contributed by atoms with van der Waals surface area (Å²) in [6.07, 6.45) is 2.03. The lowest BCUT2D eigenvalue weighted by Crippen LogP contribution is -2.13. The molecule has 0 spiro atoms. The summed E-state index contributed by atoms with van der Waals surface area (Å²) < 4.78 is 39.8. The summed E-state index contributed by atoms with van der Waals surface area (Å²) >= 11 is 0. The van der Waals surface area contributed by atoms with E-state index in [-0.39, 0.29) is 11.4 Å². The zero-order valence-corrected chi connectivity index (χ0v) is 19.1. The number of benzene rings is 2. The molecule has 2 heterocycles. The van der Waals surface area contributed by atoms with Crippen LogP contribution in [0.25, 0.3) is 21.8 Å². The minimum absolute atomic E-state index is 0.0935. The van der Waals surface area contributed by atoms with E-state index >= 15 is 0 Å². The Hall–Kier alpha value is -3.46. The van der Waals surface area contributed by atoms with Gasteiger partial charge in [0.15, 0.2) is 11.5 Å². The van der Waals surface area contributed by atoms with E-state index in [2.05, 4.69) is 10.2 Å². The zero-order valence-electron chi connectivity index (χ0n) is 18.2. The molecule has 0 amide bonds. The lowest BCUT2D eigenvalue weighted by Gasteiger charge is -2.12. The zero-order chi connectivity index (χ0) is 23.0. The molecule has 0 N–H and O–H groups in total. The van der Waals surface area contributed by atoms with E-state index in [9.17, 15) is 13.3 Å². The topological polar surface area (TPSA) is 99.8 Å². The Bertz CT molecular complexity index is 1440. The molecule has 4 rings (SSSR count). The van der Waals surface area contributed by atoms with Crippen LogP contribution < -0.4 is 9.47 Å². The molecule has 0 saturated heterocycles. The Morgan fingerprint density at radius 3 is 2.28 bits per heavy atom. The summed E-state index contributed by atoms with van der Waals surface area (Å²) in [5.74, 6) is 0.879. The molecule has 2 aromatic heterocycles. The van der Waals surface area contributed by atoms with Crippen molar-refractivity contribution in [3.63, 3.8) is 0 Å². The van der Waals surface area contributed by atoms with Crippen LogP contribution in [0, 0.1) is 11.8 Å². The van der Waals surface area contributed by atoms with Gasteiger partial charge in [0.2, 0.25) is 0 Å². The first kappa shape index (κ1) is 21.8. The maximum atomic E-state index is 13.8. The number of aromatic nitrogens is 2. The predicted molar refractivity (Wildman–Crippen MR) is 123 cm³/mol. The number of nitroso groups, excluding NO2 is 1. The highest BCUT2D eigenvalue weighted by atomic mass is 32.2. The van der Waals surface area contributed by atoms with Gasteiger partial charge in [-0.1, -0.05) is 29.8 Å². The third kappa shape index (κ3) is 3.29. The van der Waals surface area contributed by atoms with Gasteiger partial charge in [0.1, 0.15) is 6.54 Å². The van der Waals surface area contributed by atoms with Crippen molar-refractivity contribution < 1.29 is 17.9 Å². The molecule has 0 aliphatic carbocycles. The van der Waals surface area contributed by atoms with Gasteiger partial charge < -0.3 is 9.47 Å². The Balaban J connectivity index is 2.20. The quantitative estimate of drug-likeness (QED) is 0.380. The standard InChI is InChI=1S/C23H23N3O5S/c1-5-16-18(12-25-27)24-13-20-23(16)17-10-21(30-3)22(31-4)11-19(17)26(20)32(28,29)15-8-6-14(2)7-9-15/h6-11,13H,5,12H2,1-4H3. The van der Waals surface area contributed by atoms with Gasteiger partial charge in [-0.2, -0.15) is 4.91 Å². The minimum atomic E-state index is -3.97. The van der Waals surface area contributed by atoms with Crippen LogP contribution in [0.4, 0.5) is 0 Å². The molecule has 4 aromatic rings. The molecule has 0 aliphatic heterocycles. The van der Waals surface area contributed by atoms with Crippen LogP contribution >= 0.6 is 0 Å². The number of hydrogen-bond donors (Lipinski definition) is 0. The van der Waals surface area contributed by atoms with Crippen molar-refractivity contribution in [3.8, 4) is 11.5 Å². The lowest BCUT2D eigenvalue weighted by atomic mass is 10.0. The third-order valence-corrected chi connectivity index (χ3v) is 7.33. The molecule has 8 nitrogen and oxygen atoms in total. The van der Waals surface area contributed by atoms with E-state index < -0.39 is 10.0 Å². The minimum Gasteiger partial charge on any atom is -0.493 e. The lowest BCUT2D eigenvalue weighted by molar-refractivity contribution is 0.356. The van der Waals surface area contributed by atoms with E-state index in [4.69, 9.17) is 9.47 Å². The number of aryl methyl sites for hydroxylation is 2. The fourth-order valence-electron chi connectivity index (χ4n) is 4.05. The Labute approximate surface area is 185 Å². The molecule has 0 aliphatic rings. The van der Waals surface area contributed by atoms with E-state index in [1.807, 2.05) is 13.8 Å². The Morgan fingerprint density at radius 1 is 1.03 bits per heavy atom. The van der Waals surface area contributed by atoms with Crippen molar-refractivity contribution >= 4 is 31.8 Å². The van der Waals surface area contributed by atoms with Crippen molar-refractivity contribution in [1.29, 1.82) is 0 Å². The number of ether oxygens (including phenoxy) is 2. The number of rotatable bonds is 7. The van der Waals surface area contributed by atoms with E-state index in [0.717, 1.165) is 11.1 Å². The van der Waals surface area contributed by atoms with Crippen molar-refractivity contribution in [2.75, 3.05) is 14.2 Å². The van der Waals surface area contributed by atoms with Crippen LogP contribution in [0.2, 0.25) is 0 Å². The van der Waals surface area contributed by atoms with Gasteiger partial charge in [-0.05, 0) is 37.1 Å². The summed E-state index contributed by atoms with van der Waals surface area (Å²) in [6.45, 7) is 3.74. The average Bonchev–Trinajstić information content (AvgIpc) is 3.12. The van der Waals surface area contributed by atoms with E-state index in [0.29, 0.717) is 45.4 Å². The van der Waals surface area contributed by atoms with Gasteiger partial charge in [0.05, 0.1) is 42.0 Å². The second kappa shape index (κ2) is 8.23. The molecular formula is C23H23N3O5S. The summed E-state index contributed by atoms with van der Waals surface area (Å²) in [5, 5.41) is 4.36.